The standard InChI is InChI=1S/Na.H2O4S.Zn/c;1-5(2,3)4;/h;(H2,1,2,3,4);/q+1;;+2. The molecule has 32 valence electrons. The second kappa shape index (κ2) is 5.63. The molecule has 0 heterocycles. The molecule has 0 saturated carbocycles. The summed E-state index contributed by atoms with van der Waals surface area (Å²) < 4.78 is 31.6. The third-order valence-electron chi connectivity index (χ3n) is 0. The van der Waals surface area contributed by atoms with Crippen molar-refractivity contribution in [1.82, 2.24) is 0 Å². The monoisotopic (exact) mass is 185 g/mol. The first kappa shape index (κ1) is 15.8. The molecule has 0 unspecified atom stereocenters. The number of rotatable bonds is 0. The van der Waals surface area contributed by atoms with Crippen molar-refractivity contribution in [3.8, 4) is 0 Å². The molecule has 0 bridgehead atoms. The first-order chi connectivity index (χ1) is 2.00. The second-order valence-corrected chi connectivity index (χ2v) is 1.34. The Morgan fingerprint density at radius 2 is 1.14 bits per heavy atom. The van der Waals surface area contributed by atoms with E-state index in [-0.39, 0.29) is 49.0 Å². The fraction of sp³-hybridized carbons (Fsp3) is 0. The van der Waals surface area contributed by atoms with E-state index in [9.17, 15) is 0 Å². The Bertz CT molecular complexity index is 94.9. The molecule has 0 aromatic carbocycles. The van der Waals surface area contributed by atoms with Crippen LogP contribution in [-0.2, 0) is 29.9 Å². The summed E-state index contributed by atoms with van der Waals surface area (Å²) >= 11 is 0. The number of hydrogen-bond acceptors (Lipinski definition) is 2. The molecule has 0 saturated heterocycles. The SMILES string of the molecule is O=S(=O)(O)O.[Na+].[Zn+2]. The molecule has 0 aromatic heterocycles. The van der Waals surface area contributed by atoms with Gasteiger partial charge in [-0.05, 0) is 0 Å². The molecule has 0 fully saturated rings. The predicted octanol–water partition coefficient (Wildman–Crippen LogP) is -3.65. The quantitative estimate of drug-likeness (QED) is 0.302. The molecule has 0 aromatic rings. The van der Waals surface area contributed by atoms with Crippen molar-refractivity contribution in [2.75, 3.05) is 0 Å². The summed E-state index contributed by atoms with van der Waals surface area (Å²) in [6.07, 6.45) is 0. The summed E-state index contributed by atoms with van der Waals surface area (Å²) in [4.78, 5) is 0. The zero-order chi connectivity index (χ0) is 4.50. The first-order valence-corrected chi connectivity index (χ1v) is 2.10. The maximum Gasteiger partial charge on any atom is 2.00 e. The summed E-state index contributed by atoms with van der Waals surface area (Å²) in [5.41, 5.74) is 0. The van der Waals surface area contributed by atoms with E-state index >= 15 is 0 Å². The van der Waals surface area contributed by atoms with E-state index in [0.717, 1.165) is 0 Å². The normalized spacial score (nSPS) is 8.29. The van der Waals surface area contributed by atoms with Crippen molar-refractivity contribution in [3.63, 3.8) is 0 Å². The van der Waals surface area contributed by atoms with E-state index in [1.807, 2.05) is 0 Å². The van der Waals surface area contributed by atoms with Gasteiger partial charge in [-0.1, -0.05) is 0 Å². The van der Waals surface area contributed by atoms with E-state index in [0.29, 0.717) is 0 Å². The fourth-order valence-corrected chi connectivity index (χ4v) is 0. The second-order valence-electron chi connectivity index (χ2n) is 0.448. The largest absolute Gasteiger partial charge is 2.00 e. The van der Waals surface area contributed by atoms with Crippen LogP contribution in [0.5, 0.6) is 0 Å². The molecular weight excluding hydrogens is 184 g/mol. The van der Waals surface area contributed by atoms with Gasteiger partial charge in [0.15, 0.2) is 0 Å². The maximum atomic E-state index is 8.74. The molecule has 0 aliphatic carbocycles. The van der Waals surface area contributed by atoms with Crippen LogP contribution in [0.2, 0.25) is 0 Å². The van der Waals surface area contributed by atoms with Crippen LogP contribution in [0, 0.1) is 0 Å². The average Bonchev–Trinajstić information content (AvgIpc) is 0.722. The van der Waals surface area contributed by atoms with Gasteiger partial charge in [-0.3, -0.25) is 9.11 Å². The molecule has 7 heavy (non-hydrogen) atoms. The third-order valence-corrected chi connectivity index (χ3v) is 0. The summed E-state index contributed by atoms with van der Waals surface area (Å²) in [5.74, 6) is 0. The van der Waals surface area contributed by atoms with Crippen LogP contribution in [-0.4, -0.2) is 17.5 Å². The van der Waals surface area contributed by atoms with Gasteiger partial charge in [0.25, 0.3) is 0 Å². The average molecular weight is 186 g/mol. The van der Waals surface area contributed by atoms with Crippen LogP contribution in [0.4, 0.5) is 0 Å². The predicted molar refractivity (Wildman–Crippen MR) is 14.2 cm³/mol. The Balaban J connectivity index is -0.0000000800. The van der Waals surface area contributed by atoms with Crippen molar-refractivity contribution in [2.45, 2.75) is 0 Å². The summed E-state index contributed by atoms with van der Waals surface area (Å²) in [6, 6.07) is 0. The molecular formula is H2NaO4SZn+3. The van der Waals surface area contributed by atoms with Crippen molar-refractivity contribution >= 4 is 10.4 Å². The van der Waals surface area contributed by atoms with Gasteiger partial charge in [0.05, 0.1) is 0 Å². The van der Waals surface area contributed by atoms with Gasteiger partial charge in [-0.15, -0.1) is 0 Å². The van der Waals surface area contributed by atoms with Crippen LogP contribution in [0.25, 0.3) is 0 Å². The Hall–Kier alpha value is 1.49. The van der Waals surface area contributed by atoms with Gasteiger partial charge >= 0.3 is 59.4 Å². The van der Waals surface area contributed by atoms with Crippen molar-refractivity contribution in [2.24, 2.45) is 0 Å². The molecule has 7 heteroatoms. The zero-order valence-electron chi connectivity index (χ0n) is 3.83. The maximum absolute atomic E-state index is 8.74. The molecule has 0 aliphatic rings. The smallest absolute Gasteiger partial charge is 0.264 e. The topological polar surface area (TPSA) is 74.6 Å². The van der Waals surface area contributed by atoms with Gasteiger partial charge in [0, 0.05) is 0 Å². The summed E-state index contributed by atoms with van der Waals surface area (Å²) in [5, 5.41) is 0. The summed E-state index contributed by atoms with van der Waals surface area (Å²) in [7, 11) is -4.67. The van der Waals surface area contributed by atoms with Crippen LogP contribution < -0.4 is 29.6 Å². The van der Waals surface area contributed by atoms with Gasteiger partial charge in [0.1, 0.15) is 0 Å². The Labute approximate surface area is 76.3 Å². The van der Waals surface area contributed by atoms with E-state index in [2.05, 4.69) is 0 Å². The minimum Gasteiger partial charge on any atom is -0.264 e. The first-order valence-electron chi connectivity index (χ1n) is 0.698. The summed E-state index contributed by atoms with van der Waals surface area (Å²) in [6.45, 7) is 0. The third kappa shape index (κ3) is 101. The van der Waals surface area contributed by atoms with Crippen molar-refractivity contribution < 1.29 is 66.6 Å². The molecule has 0 rings (SSSR count). The molecule has 0 atom stereocenters. The van der Waals surface area contributed by atoms with Crippen molar-refractivity contribution in [3.05, 3.63) is 0 Å². The number of hydrogen-bond donors (Lipinski definition) is 2. The van der Waals surface area contributed by atoms with E-state index in [1.54, 1.807) is 0 Å². The zero-order valence-corrected chi connectivity index (χ0v) is 9.61. The molecule has 0 spiro atoms. The fourth-order valence-electron chi connectivity index (χ4n) is 0. The van der Waals surface area contributed by atoms with Gasteiger partial charge in [0.2, 0.25) is 0 Å². The molecule has 0 amide bonds. The van der Waals surface area contributed by atoms with Crippen LogP contribution in [0.1, 0.15) is 0 Å². The Morgan fingerprint density at radius 3 is 1.14 bits per heavy atom. The van der Waals surface area contributed by atoms with Crippen LogP contribution >= 0.6 is 0 Å². The van der Waals surface area contributed by atoms with Crippen molar-refractivity contribution in [1.29, 1.82) is 0 Å². The van der Waals surface area contributed by atoms with Gasteiger partial charge in [-0.25, -0.2) is 0 Å². The van der Waals surface area contributed by atoms with Crippen LogP contribution in [0.3, 0.4) is 0 Å². The molecule has 4 nitrogen and oxygen atoms in total. The Kier molecular flexibility index (Phi) is 12.7. The van der Waals surface area contributed by atoms with Crippen LogP contribution in [0.15, 0.2) is 0 Å². The minimum absolute atomic E-state index is 0. The molecule has 0 radical (unpaired) electrons. The van der Waals surface area contributed by atoms with E-state index in [1.165, 1.54) is 0 Å². The van der Waals surface area contributed by atoms with E-state index in [4.69, 9.17) is 17.5 Å². The van der Waals surface area contributed by atoms with E-state index < -0.39 is 10.4 Å². The van der Waals surface area contributed by atoms with Gasteiger partial charge < -0.3 is 0 Å². The minimum atomic E-state index is -4.67. The Morgan fingerprint density at radius 1 is 1.14 bits per heavy atom. The molecule has 0 aliphatic heterocycles. The van der Waals surface area contributed by atoms with Gasteiger partial charge in [-0.2, -0.15) is 8.42 Å². The molecule has 2 N–H and O–H groups in total.